The van der Waals surface area contributed by atoms with Crippen LogP contribution in [0.2, 0.25) is 0 Å². The second-order valence-electron chi connectivity index (χ2n) is 14.7. The van der Waals surface area contributed by atoms with E-state index < -0.39 is 0 Å². The van der Waals surface area contributed by atoms with Gasteiger partial charge in [0.2, 0.25) is 0 Å². The number of hydrogen-bond acceptors (Lipinski definition) is 1. The van der Waals surface area contributed by atoms with Gasteiger partial charge in [0, 0.05) is 33.8 Å². The molecule has 1 atom stereocenters. The first kappa shape index (κ1) is 35.0. The normalized spacial score (nSPS) is 14.2. The van der Waals surface area contributed by atoms with Gasteiger partial charge in [-0.3, -0.25) is 4.99 Å². The molecule has 0 amide bonds. The van der Waals surface area contributed by atoms with Gasteiger partial charge in [0.1, 0.15) is 0 Å². The van der Waals surface area contributed by atoms with Gasteiger partial charge < -0.3 is 4.57 Å². The van der Waals surface area contributed by atoms with Crippen molar-refractivity contribution in [3.63, 3.8) is 0 Å². The lowest BCUT2D eigenvalue weighted by molar-refractivity contribution is 0.707. The number of aliphatic imine (C=N–C) groups is 1. The summed E-state index contributed by atoms with van der Waals surface area (Å²) in [6, 6.07) is 63.3. The van der Waals surface area contributed by atoms with Crippen LogP contribution in [0.15, 0.2) is 212 Å². The predicted octanol–water partition coefficient (Wildman–Crippen LogP) is 14.2. The van der Waals surface area contributed by atoms with Crippen molar-refractivity contribution in [3.05, 3.63) is 229 Å². The highest BCUT2D eigenvalue weighted by Gasteiger charge is 2.26. The van der Waals surface area contributed by atoms with E-state index in [-0.39, 0.29) is 5.92 Å². The molecule has 0 saturated heterocycles. The van der Waals surface area contributed by atoms with E-state index in [0.717, 1.165) is 53.9 Å². The van der Waals surface area contributed by atoms with Crippen molar-refractivity contribution in [2.75, 3.05) is 0 Å². The summed E-state index contributed by atoms with van der Waals surface area (Å²) in [4.78, 5) is 5.40. The Balaban J connectivity index is 1.08. The van der Waals surface area contributed by atoms with Crippen molar-refractivity contribution in [2.45, 2.75) is 31.6 Å². The topological polar surface area (TPSA) is 17.3 Å². The molecule has 8 aromatic rings. The van der Waals surface area contributed by atoms with Gasteiger partial charge >= 0.3 is 0 Å². The van der Waals surface area contributed by atoms with Gasteiger partial charge in [-0.1, -0.05) is 171 Å². The van der Waals surface area contributed by atoms with Crippen molar-refractivity contribution in [3.8, 4) is 27.9 Å². The summed E-state index contributed by atoms with van der Waals surface area (Å²) < 4.78 is 2.44. The maximum atomic E-state index is 5.40. The van der Waals surface area contributed by atoms with Gasteiger partial charge in [0.15, 0.2) is 0 Å². The fraction of sp³-hybridized carbons (Fsp3) is 0.0926. The molecule has 1 aliphatic carbocycles. The molecule has 7 aromatic carbocycles. The zero-order chi connectivity index (χ0) is 37.8. The van der Waals surface area contributed by atoms with Crippen LogP contribution in [-0.4, -0.2) is 10.3 Å². The molecule has 1 aromatic heterocycles. The van der Waals surface area contributed by atoms with Gasteiger partial charge in [0.05, 0.1) is 11.0 Å². The van der Waals surface area contributed by atoms with Crippen LogP contribution < -0.4 is 0 Å². The lowest BCUT2D eigenvalue weighted by atomic mass is 9.89. The molecular weight excluding hydrogens is 677 g/mol. The Bertz CT molecular complexity index is 2750. The quantitative estimate of drug-likeness (QED) is 0.0989. The third kappa shape index (κ3) is 6.76. The molecule has 0 saturated carbocycles. The molecule has 0 aliphatic heterocycles. The molecule has 0 spiro atoms. The minimum absolute atomic E-state index is 0.0877. The zero-order valence-electron chi connectivity index (χ0n) is 31.6. The molecule has 1 aliphatic rings. The Morgan fingerprint density at radius 3 is 2.02 bits per heavy atom. The maximum Gasteiger partial charge on any atom is 0.0544 e. The monoisotopic (exact) mass is 720 g/mol. The van der Waals surface area contributed by atoms with Crippen molar-refractivity contribution in [2.24, 2.45) is 4.99 Å². The molecule has 9 rings (SSSR count). The Morgan fingerprint density at radius 1 is 0.625 bits per heavy atom. The summed E-state index contributed by atoms with van der Waals surface area (Å²) in [5.74, 6) is 0.0877. The molecule has 0 radical (unpaired) electrons. The summed E-state index contributed by atoms with van der Waals surface area (Å²) in [6.45, 7) is 8.80. The minimum atomic E-state index is 0.0877. The van der Waals surface area contributed by atoms with Crippen molar-refractivity contribution >= 4 is 33.1 Å². The first-order valence-electron chi connectivity index (χ1n) is 19.7. The summed E-state index contributed by atoms with van der Waals surface area (Å²) >= 11 is 0. The van der Waals surface area contributed by atoms with Gasteiger partial charge in [0.25, 0.3) is 0 Å². The average molecular weight is 721 g/mol. The van der Waals surface area contributed by atoms with E-state index >= 15 is 0 Å². The van der Waals surface area contributed by atoms with Crippen LogP contribution in [0.5, 0.6) is 0 Å². The number of fused-ring (bicyclic) bond motifs is 6. The number of hydrogen-bond donors (Lipinski definition) is 0. The number of para-hydroxylation sites is 1. The maximum absolute atomic E-state index is 5.40. The van der Waals surface area contributed by atoms with E-state index in [9.17, 15) is 0 Å². The standard InChI is InChI=1S/C54H44N2/c1-3-39(40-18-7-4-8-19-40)24-17-28-52(43-22-11-6-12-23-43)55-38(2)46-35-32-44-36-54-51(37-50(44)48-26-14-13-25-47(46)48)49-27-15-16-29-53(49)56(54)45-33-30-42(31-34-45)41-20-9-5-10-21-41/h3-16,18-27,29-31,33-34,36-37,46H,1-2,17,28,32,35H2/b39-24+,55-52+. The van der Waals surface area contributed by atoms with E-state index in [1.54, 1.807) is 0 Å². The highest BCUT2D eigenvalue weighted by Crippen LogP contribution is 2.45. The van der Waals surface area contributed by atoms with Gasteiger partial charge in [-0.2, -0.15) is 0 Å². The highest BCUT2D eigenvalue weighted by molar-refractivity contribution is 6.11. The summed E-state index contributed by atoms with van der Waals surface area (Å²) in [5, 5.41) is 2.53. The molecule has 0 bridgehead atoms. The zero-order valence-corrected chi connectivity index (χ0v) is 31.6. The fourth-order valence-electron chi connectivity index (χ4n) is 8.54. The Labute approximate surface area is 330 Å². The van der Waals surface area contributed by atoms with Crippen molar-refractivity contribution in [1.82, 2.24) is 4.57 Å². The number of allylic oxidation sites excluding steroid dienone is 4. The van der Waals surface area contributed by atoms with E-state index in [1.165, 1.54) is 60.8 Å². The highest BCUT2D eigenvalue weighted by atomic mass is 15.0. The Kier molecular flexibility index (Phi) is 9.70. The molecule has 0 N–H and O–H groups in total. The molecule has 1 heterocycles. The average Bonchev–Trinajstić information content (AvgIpc) is 3.49. The molecule has 1 unspecified atom stereocenters. The van der Waals surface area contributed by atoms with Crippen LogP contribution in [0.25, 0.3) is 55.3 Å². The summed E-state index contributed by atoms with van der Waals surface area (Å²) in [5.41, 5.74) is 16.7. The van der Waals surface area contributed by atoms with Crippen molar-refractivity contribution in [1.29, 1.82) is 0 Å². The summed E-state index contributed by atoms with van der Waals surface area (Å²) in [6.07, 6.45) is 7.73. The lowest BCUT2D eigenvalue weighted by Gasteiger charge is -2.19. The fourth-order valence-corrected chi connectivity index (χ4v) is 8.54. The van der Waals surface area contributed by atoms with Gasteiger partial charge in [-0.15, -0.1) is 0 Å². The predicted molar refractivity (Wildman–Crippen MR) is 239 cm³/mol. The number of aryl methyl sites for hydroxylation is 1. The van der Waals surface area contributed by atoms with Crippen LogP contribution in [0, 0.1) is 0 Å². The number of aromatic nitrogens is 1. The molecule has 56 heavy (non-hydrogen) atoms. The van der Waals surface area contributed by atoms with Crippen LogP contribution >= 0.6 is 0 Å². The first-order chi connectivity index (χ1) is 27.7. The number of nitrogens with zero attached hydrogens (tertiary/aromatic N) is 2. The first-order valence-corrected chi connectivity index (χ1v) is 19.7. The third-order valence-corrected chi connectivity index (χ3v) is 11.3. The SMILES string of the molecule is C=C/C(=C\CC/C(=N\C(=C)C1CCc2cc3c(cc2-c2ccccc21)c1ccccc1n3-c1ccc(-c2ccccc2)cc1)c1ccccc1)c1ccccc1. The second-order valence-corrected chi connectivity index (χ2v) is 14.7. The van der Waals surface area contributed by atoms with Gasteiger partial charge in [-0.05, 0) is 106 Å². The Hall–Kier alpha value is -6.77. The van der Waals surface area contributed by atoms with Crippen LogP contribution in [0.1, 0.15) is 47.4 Å². The van der Waals surface area contributed by atoms with Crippen molar-refractivity contribution < 1.29 is 0 Å². The third-order valence-electron chi connectivity index (χ3n) is 11.3. The summed E-state index contributed by atoms with van der Waals surface area (Å²) in [7, 11) is 0. The van der Waals surface area contributed by atoms with Gasteiger partial charge in [-0.25, -0.2) is 0 Å². The molecule has 270 valence electrons. The smallest absolute Gasteiger partial charge is 0.0544 e. The van der Waals surface area contributed by atoms with Crippen LogP contribution in [0.3, 0.4) is 0 Å². The molecular formula is C54H44N2. The van der Waals surface area contributed by atoms with Crippen LogP contribution in [-0.2, 0) is 6.42 Å². The molecule has 0 fully saturated rings. The Morgan fingerprint density at radius 2 is 1.27 bits per heavy atom. The number of benzene rings is 7. The lowest BCUT2D eigenvalue weighted by Crippen LogP contribution is -2.07. The largest absolute Gasteiger partial charge is 0.309 e. The number of rotatable bonds is 10. The minimum Gasteiger partial charge on any atom is -0.309 e. The van der Waals surface area contributed by atoms with E-state index in [4.69, 9.17) is 11.6 Å². The molecule has 2 nitrogen and oxygen atoms in total. The molecule has 2 heteroatoms. The van der Waals surface area contributed by atoms with Crippen LogP contribution in [0.4, 0.5) is 0 Å². The second kappa shape index (κ2) is 15.5. The van der Waals surface area contributed by atoms with E-state index in [1.807, 2.05) is 12.1 Å². The van der Waals surface area contributed by atoms with E-state index in [0.29, 0.717) is 0 Å². The van der Waals surface area contributed by atoms with E-state index in [2.05, 4.69) is 187 Å².